The van der Waals surface area contributed by atoms with Gasteiger partial charge in [-0.1, -0.05) is 38.5 Å². The van der Waals surface area contributed by atoms with Gasteiger partial charge in [-0.25, -0.2) is 0 Å². The number of rotatable bonds is 3. The molecular formula is C17H24N2OS. The van der Waals surface area contributed by atoms with Crippen molar-refractivity contribution >= 4 is 17.3 Å². The fourth-order valence-electron chi connectivity index (χ4n) is 3.49. The number of nitrogens with one attached hydrogen (secondary N) is 1. The first-order chi connectivity index (χ1) is 9.99. The zero-order chi connectivity index (χ0) is 15.2. The van der Waals surface area contributed by atoms with E-state index < -0.39 is 0 Å². The number of benzene rings is 1. The molecule has 3 rings (SSSR count). The molecule has 1 saturated heterocycles. The molecule has 0 saturated carbocycles. The highest BCUT2D eigenvalue weighted by Gasteiger charge is 2.53. The predicted molar refractivity (Wildman–Crippen MR) is 89.5 cm³/mol. The number of unbranched alkanes of at least 4 members (excludes halogenated alkanes) is 1. The van der Waals surface area contributed by atoms with Crippen molar-refractivity contribution < 1.29 is 4.74 Å². The molecule has 1 aromatic rings. The van der Waals surface area contributed by atoms with Gasteiger partial charge >= 0.3 is 0 Å². The maximum Gasteiger partial charge on any atom is 0.186 e. The normalized spacial score (nSPS) is 30.5. The average Bonchev–Trinajstić information content (AvgIpc) is 2.44. The summed E-state index contributed by atoms with van der Waals surface area (Å²) in [4.78, 5) is 2.24. The SMILES string of the molecule is CCCCN1C(=S)NC2c3cccc(C)c3OC1(C)C2C. The van der Waals surface area contributed by atoms with Crippen molar-refractivity contribution in [2.75, 3.05) is 6.54 Å². The minimum Gasteiger partial charge on any atom is -0.467 e. The van der Waals surface area contributed by atoms with Crippen LogP contribution in [0, 0.1) is 12.8 Å². The standard InChI is InChI=1S/C17H24N2OS/c1-5-6-10-19-16(21)18-14-12(3)17(19,4)20-15-11(2)8-7-9-13(14)15/h7-9,12,14H,5-6,10H2,1-4H3,(H,18,21). The number of para-hydroxylation sites is 1. The van der Waals surface area contributed by atoms with E-state index in [9.17, 15) is 0 Å². The van der Waals surface area contributed by atoms with Crippen LogP contribution < -0.4 is 10.1 Å². The van der Waals surface area contributed by atoms with Gasteiger partial charge in [0.15, 0.2) is 10.8 Å². The third-order valence-electron chi connectivity index (χ3n) is 5.03. The summed E-state index contributed by atoms with van der Waals surface area (Å²) in [7, 11) is 0. The van der Waals surface area contributed by atoms with Gasteiger partial charge in [0.25, 0.3) is 0 Å². The Labute approximate surface area is 132 Å². The Morgan fingerprint density at radius 1 is 1.43 bits per heavy atom. The molecule has 2 aliphatic rings. The molecule has 0 radical (unpaired) electrons. The summed E-state index contributed by atoms with van der Waals surface area (Å²) in [5.41, 5.74) is 2.07. The van der Waals surface area contributed by atoms with Crippen LogP contribution in [0.1, 0.15) is 50.8 Å². The van der Waals surface area contributed by atoms with Crippen LogP contribution in [0.3, 0.4) is 0 Å². The van der Waals surface area contributed by atoms with Crippen LogP contribution in [0.5, 0.6) is 5.75 Å². The lowest BCUT2D eigenvalue weighted by Gasteiger charge is -2.56. The van der Waals surface area contributed by atoms with Crippen LogP contribution in [-0.4, -0.2) is 22.3 Å². The molecule has 4 heteroatoms. The van der Waals surface area contributed by atoms with Gasteiger partial charge in [0, 0.05) is 18.0 Å². The Hall–Kier alpha value is -1.29. The summed E-state index contributed by atoms with van der Waals surface area (Å²) in [5, 5.41) is 4.36. The van der Waals surface area contributed by atoms with E-state index in [2.05, 4.69) is 56.1 Å². The summed E-state index contributed by atoms with van der Waals surface area (Å²) < 4.78 is 6.51. The van der Waals surface area contributed by atoms with Crippen molar-refractivity contribution in [2.24, 2.45) is 5.92 Å². The maximum atomic E-state index is 6.51. The Kier molecular flexibility index (Phi) is 3.60. The van der Waals surface area contributed by atoms with Crippen LogP contribution in [0.2, 0.25) is 0 Å². The number of nitrogens with zero attached hydrogens (tertiary/aromatic N) is 1. The molecule has 2 heterocycles. The van der Waals surface area contributed by atoms with Gasteiger partial charge in [0.2, 0.25) is 0 Å². The van der Waals surface area contributed by atoms with Crippen molar-refractivity contribution in [3.05, 3.63) is 29.3 Å². The van der Waals surface area contributed by atoms with Crippen LogP contribution in [0.15, 0.2) is 18.2 Å². The monoisotopic (exact) mass is 304 g/mol. The first kappa shape index (κ1) is 14.6. The van der Waals surface area contributed by atoms with E-state index in [1.807, 2.05) is 0 Å². The Morgan fingerprint density at radius 2 is 2.19 bits per heavy atom. The minimum absolute atomic E-state index is 0.240. The van der Waals surface area contributed by atoms with E-state index in [4.69, 9.17) is 17.0 Å². The Morgan fingerprint density at radius 3 is 2.90 bits per heavy atom. The molecule has 2 aliphatic heterocycles. The fraction of sp³-hybridized carbons (Fsp3) is 0.588. The lowest BCUT2D eigenvalue weighted by molar-refractivity contribution is -0.111. The number of fused-ring (bicyclic) bond motifs is 4. The minimum atomic E-state index is -0.360. The number of hydrogen-bond donors (Lipinski definition) is 1. The summed E-state index contributed by atoms with van der Waals surface area (Å²) in [5.74, 6) is 1.37. The van der Waals surface area contributed by atoms with Gasteiger partial charge in [-0.05, 0) is 38.0 Å². The van der Waals surface area contributed by atoms with Crippen molar-refractivity contribution in [3.8, 4) is 5.75 Å². The van der Waals surface area contributed by atoms with Gasteiger partial charge in [-0.2, -0.15) is 0 Å². The van der Waals surface area contributed by atoms with Gasteiger partial charge in [-0.15, -0.1) is 0 Å². The van der Waals surface area contributed by atoms with Gasteiger partial charge in [-0.3, -0.25) is 0 Å². The van der Waals surface area contributed by atoms with E-state index in [-0.39, 0.29) is 11.8 Å². The third kappa shape index (κ3) is 2.11. The van der Waals surface area contributed by atoms with Crippen LogP contribution in [0.25, 0.3) is 0 Å². The molecule has 0 aromatic heterocycles. The highest BCUT2D eigenvalue weighted by Crippen LogP contribution is 2.48. The second-order valence-electron chi connectivity index (χ2n) is 6.37. The second kappa shape index (κ2) is 5.16. The van der Waals surface area contributed by atoms with Gasteiger partial charge in [0.05, 0.1) is 6.04 Å². The molecule has 21 heavy (non-hydrogen) atoms. The molecule has 1 N–H and O–H groups in total. The lowest BCUT2D eigenvalue weighted by atomic mass is 9.80. The van der Waals surface area contributed by atoms with E-state index in [0.29, 0.717) is 5.92 Å². The summed E-state index contributed by atoms with van der Waals surface area (Å²) in [6.07, 6.45) is 2.28. The number of hydrogen-bond acceptors (Lipinski definition) is 2. The molecule has 2 bridgehead atoms. The predicted octanol–water partition coefficient (Wildman–Crippen LogP) is 3.77. The summed E-state index contributed by atoms with van der Waals surface area (Å²) in [6, 6.07) is 6.61. The second-order valence-corrected chi connectivity index (χ2v) is 6.76. The van der Waals surface area contributed by atoms with E-state index in [1.54, 1.807) is 0 Å². The average molecular weight is 304 g/mol. The molecule has 0 aliphatic carbocycles. The topological polar surface area (TPSA) is 24.5 Å². The highest BCUT2D eigenvalue weighted by atomic mass is 32.1. The Balaban J connectivity index is 2.05. The first-order valence-electron chi connectivity index (χ1n) is 7.85. The van der Waals surface area contributed by atoms with Crippen LogP contribution in [-0.2, 0) is 0 Å². The van der Waals surface area contributed by atoms with E-state index in [0.717, 1.165) is 30.2 Å². The molecule has 3 nitrogen and oxygen atoms in total. The number of aryl methyl sites for hydroxylation is 1. The smallest absolute Gasteiger partial charge is 0.186 e. The Bertz CT molecular complexity index is 574. The maximum absolute atomic E-state index is 6.51. The molecule has 1 fully saturated rings. The highest BCUT2D eigenvalue weighted by molar-refractivity contribution is 7.80. The molecule has 114 valence electrons. The zero-order valence-electron chi connectivity index (χ0n) is 13.3. The quantitative estimate of drug-likeness (QED) is 0.859. The van der Waals surface area contributed by atoms with Gasteiger partial charge in [0.1, 0.15) is 5.75 Å². The van der Waals surface area contributed by atoms with Crippen LogP contribution >= 0.6 is 12.2 Å². The molecular weight excluding hydrogens is 280 g/mol. The van der Waals surface area contributed by atoms with Gasteiger partial charge < -0.3 is 15.0 Å². The lowest BCUT2D eigenvalue weighted by Crippen LogP contribution is -2.69. The molecule has 3 atom stereocenters. The van der Waals surface area contributed by atoms with E-state index >= 15 is 0 Å². The first-order valence-corrected chi connectivity index (χ1v) is 8.26. The fourth-order valence-corrected chi connectivity index (χ4v) is 3.89. The van der Waals surface area contributed by atoms with Crippen molar-refractivity contribution in [1.29, 1.82) is 0 Å². The molecule has 0 spiro atoms. The summed E-state index contributed by atoms with van der Waals surface area (Å²) >= 11 is 5.62. The largest absolute Gasteiger partial charge is 0.467 e. The zero-order valence-corrected chi connectivity index (χ0v) is 14.1. The molecule has 1 aromatic carbocycles. The molecule has 3 unspecified atom stereocenters. The molecule has 0 amide bonds. The third-order valence-corrected chi connectivity index (χ3v) is 5.36. The van der Waals surface area contributed by atoms with Crippen molar-refractivity contribution in [3.63, 3.8) is 0 Å². The van der Waals surface area contributed by atoms with Crippen LogP contribution in [0.4, 0.5) is 0 Å². The van der Waals surface area contributed by atoms with Crippen molar-refractivity contribution in [2.45, 2.75) is 52.3 Å². The van der Waals surface area contributed by atoms with Crippen molar-refractivity contribution in [1.82, 2.24) is 10.2 Å². The summed E-state index contributed by atoms with van der Waals surface area (Å²) in [6.45, 7) is 9.70. The number of ether oxygens (including phenoxy) is 1. The number of thiocarbonyl (C=S) groups is 1. The van der Waals surface area contributed by atoms with E-state index in [1.165, 1.54) is 11.1 Å².